The van der Waals surface area contributed by atoms with Crippen molar-refractivity contribution in [2.45, 2.75) is 19.3 Å². The van der Waals surface area contributed by atoms with E-state index in [4.69, 9.17) is 4.74 Å². The van der Waals surface area contributed by atoms with E-state index in [2.05, 4.69) is 5.10 Å². The number of nitrogens with zero attached hydrogens (tertiary/aromatic N) is 3. The van der Waals surface area contributed by atoms with Crippen LogP contribution in [0.3, 0.4) is 0 Å². The molecule has 2 aromatic rings. The molecule has 110 valence electrons. The van der Waals surface area contributed by atoms with Crippen LogP contribution in [0.25, 0.3) is 5.52 Å². The van der Waals surface area contributed by atoms with Crippen LogP contribution in [0.2, 0.25) is 0 Å². The number of carbonyl (C=O) groups excluding carboxylic acids is 2. The molecule has 0 atom stereocenters. The summed E-state index contributed by atoms with van der Waals surface area (Å²) in [5, 5.41) is 4.10. The molecular weight excluding hydrogens is 270 g/mol. The van der Waals surface area contributed by atoms with Gasteiger partial charge in [-0.05, 0) is 25.0 Å². The van der Waals surface area contributed by atoms with Crippen molar-refractivity contribution in [2.75, 3.05) is 19.7 Å². The number of hydrogen-bond donors (Lipinski definition) is 0. The third kappa shape index (κ3) is 2.89. The summed E-state index contributed by atoms with van der Waals surface area (Å²) in [5.74, 6) is 0.949. The summed E-state index contributed by atoms with van der Waals surface area (Å²) in [5.41, 5.74) is 1.33. The number of aromatic nitrogens is 2. The lowest BCUT2D eigenvalue weighted by molar-refractivity contribution is -0.127. The van der Waals surface area contributed by atoms with E-state index < -0.39 is 0 Å². The molecule has 3 heterocycles. The van der Waals surface area contributed by atoms with Crippen LogP contribution in [0.15, 0.2) is 24.5 Å². The van der Waals surface area contributed by atoms with Crippen LogP contribution < -0.4 is 4.74 Å². The van der Waals surface area contributed by atoms with Gasteiger partial charge in [-0.15, -0.1) is 0 Å². The van der Waals surface area contributed by atoms with E-state index in [1.165, 1.54) is 6.20 Å². The normalized spacial score (nSPS) is 14.9. The molecular formula is C15H17N3O3. The van der Waals surface area contributed by atoms with Gasteiger partial charge in [-0.25, -0.2) is 4.52 Å². The van der Waals surface area contributed by atoms with Gasteiger partial charge in [0.25, 0.3) is 0 Å². The number of aldehydes is 1. The Hall–Kier alpha value is -2.37. The van der Waals surface area contributed by atoms with Gasteiger partial charge < -0.3 is 9.64 Å². The average molecular weight is 287 g/mol. The van der Waals surface area contributed by atoms with Gasteiger partial charge in [-0.3, -0.25) is 9.59 Å². The maximum absolute atomic E-state index is 11.5. The summed E-state index contributed by atoms with van der Waals surface area (Å²) in [6, 6.07) is 3.64. The molecule has 21 heavy (non-hydrogen) atoms. The SMILES string of the molecule is O=Cc1cnn2cc(OCCCN3CCCC3=O)ccc12. The first-order chi connectivity index (χ1) is 10.3. The van der Waals surface area contributed by atoms with E-state index in [-0.39, 0.29) is 5.91 Å². The van der Waals surface area contributed by atoms with Gasteiger partial charge in [-0.2, -0.15) is 5.10 Å². The average Bonchev–Trinajstić information content (AvgIpc) is 3.09. The van der Waals surface area contributed by atoms with Crippen molar-refractivity contribution >= 4 is 17.7 Å². The Bertz CT molecular complexity index is 665. The van der Waals surface area contributed by atoms with E-state index in [0.29, 0.717) is 24.3 Å². The highest BCUT2D eigenvalue weighted by molar-refractivity contribution is 5.85. The standard InChI is InChI=1S/C15H17N3O3/c19-11-12-9-16-18-10-13(4-5-14(12)18)21-8-2-7-17-6-1-3-15(17)20/h4-5,9-11H,1-3,6-8H2. The highest BCUT2D eigenvalue weighted by atomic mass is 16.5. The van der Waals surface area contributed by atoms with E-state index >= 15 is 0 Å². The topological polar surface area (TPSA) is 63.9 Å². The second-order valence-electron chi connectivity index (χ2n) is 5.10. The number of ether oxygens (including phenoxy) is 1. The first kappa shape index (κ1) is 13.6. The van der Waals surface area contributed by atoms with Crippen molar-refractivity contribution in [3.63, 3.8) is 0 Å². The summed E-state index contributed by atoms with van der Waals surface area (Å²) in [7, 11) is 0. The third-order valence-electron chi connectivity index (χ3n) is 3.66. The van der Waals surface area contributed by atoms with Crippen molar-refractivity contribution in [3.05, 3.63) is 30.1 Å². The quantitative estimate of drug-likeness (QED) is 0.597. The van der Waals surface area contributed by atoms with Gasteiger partial charge >= 0.3 is 0 Å². The molecule has 0 aromatic carbocycles. The van der Waals surface area contributed by atoms with Crippen LogP contribution in [-0.4, -0.2) is 46.4 Å². The van der Waals surface area contributed by atoms with Gasteiger partial charge in [0, 0.05) is 19.5 Å². The lowest BCUT2D eigenvalue weighted by Crippen LogP contribution is -2.26. The predicted octanol–water partition coefficient (Wildman–Crippen LogP) is 1.54. The molecule has 3 rings (SSSR count). The Balaban J connectivity index is 1.53. The summed E-state index contributed by atoms with van der Waals surface area (Å²) < 4.78 is 7.29. The Morgan fingerprint density at radius 1 is 1.38 bits per heavy atom. The first-order valence-corrected chi connectivity index (χ1v) is 7.11. The molecule has 0 radical (unpaired) electrons. The number of pyridine rings is 1. The summed E-state index contributed by atoms with van der Waals surface area (Å²) in [4.78, 5) is 24.2. The zero-order valence-electron chi connectivity index (χ0n) is 11.7. The molecule has 2 aromatic heterocycles. The molecule has 1 saturated heterocycles. The Morgan fingerprint density at radius 3 is 3.05 bits per heavy atom. The monoisotopic (exact) mass is 287 g/mol. The molecule has 1 fully saturated rings. The molecule has 0 N–H and O–H groups in total. The first-order valence-electron chi connectivity index (χ1n) is 7.11. The van der Waals surface area contributed by atoms with Crippen molar-refractivity contribution in [1.29, 1.82) is 0 Å². The van der Waals surface area contributed by atoms with Crippen LogP contribution in [-0.2, 0) is 4.79 Å². The summed E-state index contributed by atoms with van der Waals surface area (Å²) in [6.45, 7) is 2.17. The van der Waals surface area contributed by atoms with Crippen LogP contribution >= 0.6 is 0 Å². The van der Waals surface area contributed by atoms with E-state index in [1.807, 2.05) is 17.0 Å². The van der Waals surface area contributed by atoms with E-state index in [0.717, 1.165) is 37.7 Å². The lowest BCUT2D eigenvalue weighted by Gasteiger charge is -2.15. The minimum atomic E-state index is 0.245. The molecule has 0 bridgehead atoms. The number of hydrogen-bond acceptors (Lipinski definition) is 4. The molecule has 1 aliphatic heterocycles. The smallest absolute Gasteiger partial charge is 0.222 e. The number of likely N-dealkylation sites (tertiary alicyclic amines) is 1. The Kier molecular flexibility index (Phi) is 3.85. The zero-order chi connectivity index (χ0) is 14.7. The fraction of sp³-hybridized carbons (Fsp3) is 0.400. The molecule has 0 spiro atoms. The molecule has 6 heteroatoms. The summed E-state index contributed by atoms with van der Waals surface area (Å²) >= 11 is 0. The molecule has 1 amide bonds. The van der Waals surface area contributed by atoms with Gasteiger partial charge in [0.1, 0.15) is 5.75 Å². The second-order valence-corrected chi connectivity index (χ2v) is 5.10. The molecule has 0 unspecified atom stereocenters. The maximum Gasteiger partial charge on any atom is 0.222 e. The fourth-order valence-corrected chi connectivity index (χ4v) is 2.55. The van der Waals surface area contributed by atoms with E-state index in [1.54, 1.807) is 10.7 Å². The number of carbonyl (C=O) groups is 2. The molecule has 6 nitrogen and oxygen atoms in total. The van der Waals surface area contributed by atoms with Crippen LogP contribution in [0.1, 0.15) is 29.6 Å². The predicted molar refractivity (Wildman–Crippen MR) is 76.5 cm³/mol. The van der Waals surface area contributed by atoms with Crippen LogP contribution in [0, 0.1) is 0 Å². The summed E-state index contributed by atoms with van der Waals surface area (Å²) in [6.07, 6.45) is 6.53. The Morgan fingerprint density at radius 2 is 2.29 bits per heavy atom. The number of rotatable bonds is 6. The fourth-order valence-electron chi connectivity index (χ4n) is 2.55. The number of fused-ring (bicyclic) bond motifs is 1. The van der Waals surface area contributed by atoms with Crippen LogP contribution in [0.4, 0.5) is 0 Å². The third-order valence-corrected chi connectivity index (χ3v) is 3.66. The van der Waals surface area contributed by atoms with Crippen molar-refractivity contribution in [1.82, 2.24) is 14.5 Å². The van der Waals surface area contributed by atoms with Crippen molar-refractivity contribution in [3.8, 4) is 5.75 Å². The van der Waals surface area contributed by atoms with Gasteiger partial charge in [0.2, 0.25) is 5.91 Å². The molecule has 1 aliphatic rings. The zero-order valence-corrected chi connectivity index (χ0v) is 11.7. The van der Waals surface area contributed by atoms with Crippen molar-refractivity contribution in [2.24, 2.45) is 0 Å². The van der Waals surface area contributed by atoms with Crippen LogP contribution in [0.5, 0.6) is 5.75 Å². The van der Waals surface area contributed by atoms with Gasteiger partial charge in [0.05, 0.1) is 30.1 Å². The lowest BCUT2D eigenvalue weighted by atomic mass is 10.3. The van der Waals surface area contributed by atoms with Gasteiger partial charge in [-0.1, -0.05) is 0 Å². The molecule has 0 saturated carbocycles. The maximum atomic E-state index is 11.5. The highest BCUT2D eigenvalue weighted by Crippen LogP contribution is 2.16. The minimum absolute atomic E-state index is 0.245. The minimum Gasteiger partial charge on any atom is -0.492 e. The largest absolute Gasteiger partial charge is 0.492 e. The van der Waals surface area contributed by atoms with Crippen molar-refractivity contribution < 1.29 is 14.3 Å². The Labute approximate surface area is 122 Å². The molecule has 0 aliphatic carbocycles. The van der Waals surface area contributed by atoms with Gasteiger partial charge in [0.15, 0.2) is 6.29 Å². The van der Waals surface area contributed by atoms with E-state index in [9.17, 15) is 9.59 Å². The highest BCUT2D eigenvalue weighted by Gasteiger charge is 2.19. The second kappa shape index (κ2) is 5.95. The number of amides is 1.